The van der Waals surface area contributed by atoms with Crippen molar-refractivity contribution in [2.24, 2.45) is 0 Å². The molecule has 0 atom stereocenters. The number of nitrogens with zero attached hydrogens (tertiary/aromatic N) is 4. The van der Waals surface area contributed by atoms with Gasteiger partial charge in [-0.2, -0.15) is 4.98 Å². The first kappa shape index (κ1) is 16.7. The molecule has 0 aliphatic heterocycles. The molecule has 0 saturated carbocycles. The minimum atomic E-state index is -0.0838. The first-order chi connectivity index (χ1) is 11.6. The van der Waals surface area contributed by atoms with Crippen molar-refractivity contribution >= 4 is 33.7 Å². The number of carbonyl (C=O) groups excluding carboxylic acids is 1. The molecule has 0 radical (unpaired) electrons. The van der Waals surface area contributed by atoms with E-state index in [-0.39, 0.29) is 5.91 Å². The van der Waals surface area contributed by atoms with Crippen molar-refractivity contribution in [2.75, 3.05) is 5.32 Å². The molecular weight excluding hydrogens is 346 g/mol. The topological polar surface area (TPSA) is 93.8 Å². The zero-order valence-electron chi connectivity index (χ0n) is 13.4. The summed E-state index contributed by atoms with van der Waals surface area (Å²) in [6.07, 6.45) is 1.57. The summed E-state index contributed by atoms with van der Waals surface area (Å²) in [5.74, 6) is 1.37. The van der Waals surface area contributed by atoms with E-state index >= 15 is 0 Å². The van der Waals surface area contributed by atoms with Gasteiger partial charge in [0.05, 0.1) is 4.88 Å². The predicted molar refractivity (Wildman–Crippen MR) is 93.2 cm³/mol. The lowest BCUT2D eigenvalue weighted by Gasteiger charge is -1.99. The fraction of sp³-hybridized carbons (Fsp3) is 0.400. The number of hydrogen-bond donors (Lipinski definition) is 1. The number of anilines is 1. The standard InChI is InChI=1S/C15H17N5O2S2/c1-9(2)14-18-19-15(24-14)16-11(21)6-3-7-12-17-13(20-22-12)10-5-4-8-23-10/h4-5,8-9H,3,6-7H2,1-2H3,(H,16,19,21). The van der Waals surface area contributed by atoms with Crippen molar-refractivity contribution in [2.45, 2.75) is 39.0 Å². The van der Waals surface area contributed by atoms with E-state index in [9.17, 15) is 4.79 Å². The molecule has 3 heterocycles. The van der Waals surface area contributed by atoms with Gasteiger partial charge in [-0.3, -0.25) is 4.79 Å². The highest BCUT2D eigenvalue weighted by Crippen LogP contribution is 2.23. The molecule has 0 bridgehead atoms. The average molecular weight is 363 g/mol. The molecule has 0 aliphatic carbocycles. The third-order valence-electron chi connectivity index (χ3n) is 3.19. The molecule has 1 N–H and O–H groups in total. The van der Waals surface area contributed by atoms with E-state index in [1.165, 1.54) is 11.3 Å². The number of rotatable bonds is 7. The molecule has 0 aliphatic rings. The highest BCUT2D eigenvalue weighted by atomic mass is 32.1. The molecule has 3 aromatic rings. The normalized spacial score (nSPS) is 11.1. The molecule has 3 aromatic heterocycles. The Labute approximate surface area is 147 Å². The van der Waals surface area contributed by atoms with Gasteiger partial charge in [-0.05, 0) is 17.9 Å². The average Bonchev–Trinajstić information content (AvgIpc) is 3.28. The van der Waals surface area contributed by atoms with Gasteiger partial charge >= 0.3 is 0 Å². The van der Waals surface area contributed by atoms with Crippen molar-refractivity contribution in [1.82, 2.24) is 20.3 Å². The van der Waals surface area contributed by atoms with E-state index in [4.69, 9.17) is 4.52 Å². The monoisotopic (exact) mass is 363 g/mol. The Balaban J connectivity index is 1.45. The Morgan fingerprint density at radius 2 is 2.25 bits per heavy atom. The van der Waals surface area contributed by atoms with Crippen LogP contribution in [0.15, 0.2) is 22.0 Å². The van der Waals surface area contributed by atoms with Gasteiger partial charge in [-0.15, -0.1) is 21.5 Å². The van der Waals surface area contributed by atoms with Gasteiger partial charge in [0, 0.05) is 18.8 Å². The van der Waals surface area contributed by atoms with E-state index < -0.39 is 0 Å². The fourth-order valence-corrected chi connectivity index (χ4v) is 3.37. The molecule has 24 heavy (non-hydrogen) atoms. The lowest BCUT2D eigenvalue weighted by Crippen LogP contribution is -2.11. The lowest BCUT2D eigenvalue weighted by molar-refractivity contribution is -0.116. The molecule has 1 amide bonds. The van der Waals surface area contributed by atoms with Gasteiger partial charge in [0.15, 0.2) is 0 Å². The first-order valence-corrected chi connectivity index (χ1v) is 9.31. The number of hydrogen-bond acceptors (Lipinski definition) is 8. The molecule has 0 saturated heterocycles. The Kier molecular flexibility index (Phi) is 5.31. The largest absolute Gasteiger partial charge is 0.339 e. The molecule has 9 heteroatoms. The Morgan fingerprint density at radius 3 is 2.96 bits per heavy atom. The fourth-order valence-electron chi connectivity index (χ4n) is 1.96. The molecule has 0 spiro atoms. The Hall–Kier alpha value is -2.13. The molecule has 0 unspecified atom stereocenters. The minimum absolute atomic E-state index is 0.0838. The third kappa shape index (κ3) is 4.24. The minimum Gasteiger partial charge on any atom is -0.339 e. The van der Waals surface area contributed by atoms with E-state index in [0.29, 0.717) is 42.0 Å². The number of thiophene rings is 1. The summed E-state index contributed by atoms with van der Waals surface area (Å²) in [6.45, 7) is 4.09. The smallest absolute Gasteiger partial charge is 0.226 e. The van der Waals surface area contributed by atoms with Crippen LogP contribution >= 0.6 is 22.7 Å². The van der Waals surface area contributed by atoms with Crippen LogP contribution in [-0.2, 0) is 11.2 Å². The Bertz CT molecular complexity index is 795. The summed E-state index contributed by atoms with van der Waals surface area (Å²) in [4.78, 5) is 17.2. The van der Waals surface area contributed by atoms with Crippen molar-refractivity contribution in [3.05, 3.63) is 28.4 Å². The van der Waals surface area contributed by atoms with Gasteiger partial charge in [-0.1, -0.05) is 36.4 Å². The summed E-state index contributed by atoms with van der Waals surface area (Å²) in [6, 6.07) is 3.89. The van der Waals surface area contributed by atoms with Crippen LogP contribution in [0.25, 0.3) is 10.7 Å². The summed E-state index contributed by atoms with van der Waals surface area (Å²) in [5.41, 5.74) is 0. The van der Waals surface area contributed by atoms with Crippen LogP contribution in [0.5, 0.6) is 0 Å². The first-order valence-electron chi connectivity index (χ1n) is 7.61. The van der Waals surface area contributed by atoms with Gasteiger partial charge < -0.3 is 9.84 Å². The van der Waals surface area contributed by atoms with Crippen LogP contribution in [0.4, 0.5) is 5.13 Å². The zero-order chi connectivity index (χ0) is 16.9. The molecule has 3 rings (SSSR count). The number of amides is 1. The van der Waals surface area contributed by atoms with Gasteiger partial charge in [0.1, 0.15) is 5.01 Å². The van der Waals surface area contributed by atoms with Crippen LogP contribution in [0, 0.1) is 0 Å². The van der Waals surface area contributed by atoms with Crippen LogP contribution in [0.2, 0.25) is 0 Å². The van der Waals surface area contributed by atoms with Crippen molar-refractivity contribution in [1.29, 1.82) is 0 Å². The van der Waals surface area contributed by atoms with Crippen LogP contribution in [-0.4, -0.2) is 26.2 Å². The quantitative estimate of drug-likeness (QED) is 0.687. The van der Waals surface area contributed by atoms with Crippen LogP contribution < -0.4 is 5.32 Å². The van der Waals surface area contributed by atoms with E-state index in [1.54, 1.807) is 11.3 Å². The van der Waals surface area contributed by atoms with Gasteiger partial charge in [0.25, 0.3) is 0 Å². The Morgan fingerprint density at radius 1 is 1.38 bits per heavy atom. The maximum atomic E-state index is 11.9. The van der Waals surface area contributed by atoms with Crippen molar-refractivity contribution in [3.63, 3.8) is 0 Å². The maximum Gasteiger partial charge on any atom is 0.226 e. The van der Waals surface area contributed by atoms with Gasteiger partial charge in [-0.25, -0.2) is 0 Å². The van der Waals surface area contributed by atoms with Gasteiger partial charge in [0.2, 0.25) is 22.8 Å². The number of aryl methyl sites for hydroxylation is 1. The number of nitrogens with one attached hydrogen (secondary N) is 1. The summed E-state index contributed by atoms with van der Waals surface area (Å²) < 4.78 is 5.21. The molecule has 126 valence electrons. The number of carbonyl (C=O) groups is 1. The van der Waals surface area contributed by atoms with E-state index in [2.05, 4.69) is 25.7 Å². The summed E-state index contributed by atoms with van der Waals surface area (Å²) in [5, 5.41) is 18.2. The second-order valence-corrected chi connectivity index (χ2v) is 7.45. The van der Waals surface area contributed by atoms with Crippen molar-refractivity contribution in [3.8, 4) is 10.7 Å². The molecule has 7 nitrogen and oxygen atoms in total. The maximum absolute atomic E-state index is 11.9. The summed E-state index contributed by atoms with van der Waals surface area (Å²) in [7, 11) is 0. The molecule has 0 fully saturated rings. The molecular formula is C15H17N5O2S2. The predicted octanol–water partition coefficient (Wildman–Crippen LogP) is 3.73. The molecule has 0 aromatic carbocycles. The van der Waals surface area contributed by atoms with Crippen LogP contribution in [0.3, 0.4) is 0 Å². The lowest BCUT2D eigenvalue weighted by atomic mass is 10.2. The second kappa shape index (κ2) is 7.63. The zero-order valence-corrected chi connectivity index (χ0v) is 15.0. The summed E-state index contributed by atoms with van der Waals surface area (Å²) >= 11 is 2.97. The third-order valence-corrected chi connectivity index (χ3v) is 5.19. The highest BCUT2D eigenvalue weighted by molar-refractivity contribution is 7.15. The van der Waals surface area contributed by atoms with E-state index in [1.807, 2.05) is 31.4 Å². The van der Waals surface area contributed by atoms with E-state index in [0.717, 1.165) is 9.88 Å². The van der Waals surface area contributed by atoms with Crippen LogP contribution in [0.1, 0.15) is 43.5 Å². The highest BCUT2D eigenvalue weighted by Gasteiger charge is 2.12. The number of aromatic nitrogens is 4. The van der Waals surface area contributed by atoms with Crippen molar-refractivity contribution < 1.29 is 9.32 Å². The second-order valence-electron chi connectivity index (χ2n) is 5.49. The SMILES string of the molecule is CC(C)c1nnc(NC(=O)CCCc2nc(-c3cccs3)no2)s1.